The Morgan fingerprint density at radius 1 is 0.818 bits per heavy atom. The molecule has 4 heteroatoms. The van der Waals surface area contributed by atoms with Crippen LogP contribution in [0.2, 0.25) is 0 Å². The SMILES string of the molecule is CCCC(=O)OCCc1ccccc1CCOC(=O)CCC. The highest BCUT2D eigenvalue weighted by Gasteiger charge is 2.06. The first kappa shape index (κ1) is 18.2. The fourth-order valence-corrected chi connectivity index (χ4v) is 2.15. The Hall–Kier alpha value is -1.84. The number of hydrogen-bond donors (Lipinski definition) is 0. The molecule has 0 radical (unpaired) electrons. The van der Waals surface area contributed by atoms with E-state index in [2.05, 4.69) is 0 Å². The van der Waals surface area contributed by atoms with Gasteiger partial charge in [0.1, 0.15) is 0 Å². The molecule has 0 amide bonds. The number of rotatable bonds is 10. The van der Waals surface area contributed by atoms with Gasteiger partial charge in [-0.2, -0.15) is 0 Å². The monoisotopic (exact) mass is 306 g/mol. The average Bonchev–Trinajstić information content (AvgIpc) is 2.49. The van der Waals surface area contributed by atoms with E-state index >= 15 is 0 Å². The summed E-state index contributed by atoms with van der Waals surface area (Å²) in [5.41, 5.74) is 2.27. The summed E-state index contributed by atoms with van der Waals surface area (Å²) in [6.07, 6.45) is 3.92. The van der Waals surface area contributed by atoms with Crippen LogP contribution >= 0.6 is 0 Å². The smallest absolute Gasteiger partial charge is 0.305 e. The standard InChI is InChI=1S/C18H26O4/c1-3-7-17(19)21-13-11-15-9-5-6-10-16(15)12-14-22-18(20)8-4-2/h5-6,9-10H,3-4,7-8,11-14H2,1-2H3. The largest absolute Gasteiger partial charge is 0.465 e. The molecule has 0 N–H and O–H groups in total. The zero-order chi connectivity index (χ0) is 16.2. The molecule has 0 heterocycles. The van der Waals surface area contributed by atoms with E-state index in [0.717, 1.165) is 24.0 Å². The van der Waals surface area contributed by atoms with E-state index in [-0.39, 0.29) is 11.9 Å². The van der Waals surface area contributed by atoms with Crippen molar-refractivity contribution in [1.82, 2.24) is 0 Å². The van der Waals surface area contributed by atoms with Crippen molar-refractivity contribution >= 4 is 11.9 Å². The maximum atomic E-state index is 11.3. The Labute approximate surface area is 132 Å². The molecule has 0 saturated carbocycles. The molecule has 1 aromatic carbocycles. The summed E-state index contributed by atoms with van der Waals surface area (Å²) >= 11 is 0. The second kappa shape index (κ2) is 10.8. The Morgan fingerprint density at radius 2 is 1.23 bits per heavy atom. The lowest BCUT2D eigenvalue weighted by Crippen LogP contribution is -2.10. The molecule has 0 bridgehead atoms. The van der Waals surface area contributed by atoms with Gasteiger partial charge in [-0.1, -0.05) is 38.1 Å². The third-order valence-electron chi connectivity index (χ3n) is 3.30. The molecule has 0 unspecified atom stereocenters. The van der Waals surface area contributed by atoms with Crippen LogP contribution in [-0.4, -0.2) is 25.2 Å². The van der Waals surface area contributed by atoms with E-state index in [0.29, 0.717) is 38.9 Å². The normalized spacial score (nSPS) is 10.3. The van der Waals surface area contributed by atoms with Gasteiger partial charge in [0.2, 0.25) is 0 Å². The number of carbonyl (C=O) groups is 2. The van der Waals surface area contributed by atoms with Gasteiger partial charge in [0.05, 0.1) is 13.2 Å². The molecule has 0 fully saturated rings. The molecule has 122 valence electrons. The van der Waals surface area contributed by atoms with Gasteiger partial charge in [-0.3, -0.25) is 9.59 Å². The van der Waals surface area contributed by atoms with Crippen LogP contribution in [0.15, 0.2) is 24.3 Å². The second-order valence-electron chi connectivity index (χ2n) is 5.21. The third-order valence-corrected chi connectivity index (χ3v) is 3.30. The number of hydrogen-bond acceptors (Lipinski definition) is 4. The van der Waals surface area contributed by atoms with Crippen molar-refractivity contribution in [2.24, 2.45) is 0 Å². The first-order valence-electron chi connectivity index (χ1n) is 8.05. The first-order valence-corrected chi connectivity index (χ1v) is 8.05. The lowest BCUT2D eigenvalue weighted by Gasteiger charge is -2.10. The molecule has 1 rings (SSSR count). The van der Waals surface area contributed by atoms with E-state index in [9.17, 15) is 9.59 Å². The van der Waals surface area contributed by atoms with Crippen LogP contribution in [0.5, 0.6) is 0 Å². The van der Waals surface area contributed by atoms with Crippen molar-refractivity contribution in [2.45, 2.75) is 52.4 Å². The maximum absolute atomic E-state index is 11.3. The molecule has 4 nitrogen and oxygen atoms in total. The molecule has 0 atom stereocenters. The van der Waals surface area contributed by atoms with Crippen molar-refractivity contribution in [3.63, 3.8) is 0 Å². The molecule has 0 aliphatic rings. The Morgan fingerprint density at radius 3 is 1.59 bits per heavy atom. The van der Waals surface area contributed by atoms with Crippen molar-refractivity contribution in [3.05, 3.63) is 35.4 Å². The predicted octanol–water partition coefficient (Wildman–Crippen LogP) is 3.46. The molecule has 0 spiro atoms. The number of esters is 2. The van der Waals surface area contributed by atoms with E-state index in [4.69, 9.17) is 9.47 Å². The first-order chi connectivity index (χ1) is 10.7. The fourth-order valence-electron chi connectivity index (χ4n) is 2.15. The van der Waals surface area contributed by atoms with Gasteiger partial charge in [0.15, 0.2) is 0 Å². The molecule has 22 heavy (non-hydrogen) atoms. The van der Waals surface area contributed by atoms with Crippen LogP contribution < -0.4 is 0 Å². The minimum Gasteiger partial charge on any atom is -0.465 e. The third kappa shape index (κ3) is 7.25. The van der Waals surface area contributed by atoms with Crippen molar-refractivity contribution in [1.29, 1.82) is 0 Å². The number of carbonyl (C=O) groups excluding carboxylic acids is 2. The van der Waals surface area contributed by atoms with Crippen molar-refractivity contribution in [2.75, 3.05) is 13.2 Å². The van der Waals surface area contributed by atoms with Gasteiger partial charge >= 0.3 is 11.9 Å². The minimum absolute atomic E-state index is 0.145. The quantitative estimate of drug-likeness (QED) is 0.621. The van der Waals surface area contributed by atoms with Gasteiger partial charge in [0.25, 0.3) is 0 Å². The highest BCUT2D eigenvalue weighted by Crippen LogP contribution is 2.11. The van der Waals surface area contributed by atoms with Crippen LogP contribution in [0.1, 0.15) is 50.7 Å². The molecule has 1 aromatic rings. The van der Waals surface area contributed by atoms with E-state index in [1.54, 1.807) is 0 Å². The Bertz CT molecular complexity index is 425. The van der Waals surface area contributed by atoms with Crippen LogP contribution in [0.3, 0.4) is 0 Å². The van der Waals surface area contributed by atoms with Crippen LogP contribution in [-0.2, 0) is 31.9 Å². The number of benzene rings is 1. The molecule has 0 aliphatic carbocycles. The highest BCUT2D eigenvalue weighted by molar-refractivity contribution is 5.69. The van der Waals surface area contributed by atoms with Crippen molar-refractivity contribution in [3.8, 4) is 0 Å². The molecule has 0 saturated heterocycles. The van der Waals surface area contributed by atoms with Gasteiger partial charge in [-0.05, 0) is 24.0 Å². The van der Waals surface area contributed by atoms with Crippen molar-refractivity contribution < 1.29 is 19.1 Å². The Kier molecular flexibility index (Phi) is 8.96. The van der Waals surface area contributed by atoms with E-state index in [1.165, 1.54) is 0 Å². The molecule has 0 aliphatic heterocycles. The van der Waals surface area contributed by atoms with Crippen LogP contribution in [0, 0.1) is 0 Å². The van der Waals surface area contributed by atoms with E-state index < -0.39 is 0 Å². The minimum atomic E-state index is -0.145. The van der Waals surface area contributed by atoms with E-state index in [1.807, 2.05) is 38.1 Å². The summed E-state index contributed by atoms with van der Waals surface area (Å²) in [7, 11) is 0. The topological polar surface area (TPSA) is 52.6 Å². The second-order valence-corrected chi connectivity index (χ2v) is 5.21. The summed E-state index contributed by atoms with van der Waals surface area (Å²) in [6, 6.07) is 7.99. The lowest BCUT2D eigenvalue weighted by molar-refractivity contribution is -0.144. The fraction of sp³-hybridized carbons (Fsp3) is 0.556. The van der Waals surface area contributed by atoms with Crippen LogP contribution in [0.4, 0.5) is 0 Å². The predicted molar refractivity (Wildman–Crippen MR) is 85.6 cm³/mol. The summed E-state index contributed by atoms with van der Waals surface area (Å²) in [4.78, 5) is 22.7. The van der Waals surface area contributed by atoms with Gasteiger partial charge in [-0.15, -0.1) is 0 Å². The van der Waals surface area contributed by atoms with Crippen LogP contribution in [0.25, 0.3) is 0 Å². The molecular formula is C18H26O4. The van der Waals surface area contributed by atoms with Gasteiger partial charge in [-0.25, -0.2) is 0 Å². The molecule has 0 aromatic heterocycles. The zero-order valence-corrected chi connectivity index (χ0v) is 13.6. The Balaban J connectivity index is 2.41. The lowest BCUT2D eigenvalue weighted by atomic mass is 10.0. The zero-order valence-electron chi connectivity index (χ0n) is 13.6. The summed E-state index contributed by atoms with van der Waals surface area (Å²) in [5, 5.41) is 0. The maximum Gasteiger partial charge on any atom is 0.305 e. The summed E-state index contributed by atoms with van der Waals surface area (Å²) in [5.74, 6) is -0.290. The highest BCUT2D eigenvalue weighted by atomic mass is 16.5. The van der Waals surface area contributed by atoms with Gasteiger partial charge in [0, 0.05) is 25.7 Å². The molecular weight excluding hydrogens is 280 g/mol. The summed E-state index contributed by atoms with van der Waals surface area (Å²) < 4.78 is 10.4. The summed E-state index contributed by atoms with van der Waals surface area (Å²) in [6.45, 7) is 4.70. The number of ether oxygens (including phenoxy) is 2. The average molecular weight is 306 g/mol. The van der Waals surface area contributed by atoms with Gasteiger partial charge < -0.3 is 9.47 Å².